The van der Waals surface area contributed by atoms with E-state index in [9.17, 15) is 4.79 Å². The number of anilines is 1. The number of piperidine rings is 1. The van der Waals surface area contributed by atoms with Gasteiger partial charge in [0.15, 0.2) is 0 Å². The lowest BCUT2D eigenvalue weighted by molar-refractivity contribution is 0.0947. The van der Waals surface area contributed by atoms with Gasteiger partial charge in [0, 0.05) is 41.3 Å². The lowest BCUT2D eigenvalue weighted by Gasteiger charge is -2.34. The number of aromatic nitrogens is 2. The number of carbonyl (C=O) groups excluding carboxylic acids is 1. The van der Waals surface area contributed by atoms with Gasteiger partial charge in [-0.05, 0) is 54.9 Å². The van der Waals surface area contributed by atoms with Gasteiger partial charge in [0.1, 0.15) is 0 Å². The SMILES string of the molecule is CC1CCCN(c2ncc(C(=O)NCc3ccc(Cl)cc3Cl)c(C3(c4ccccc4)CCCC3)n2)C1. The molecule has 1 unspecified atom stereocenters. The maximum absolute atomic E-state index is 13.6. The van der Waals surface area contributed by atoms with Crippen molar-refractivity contribution in [1.29, 1.82) is 0 Å². The lowest BCUT2D eigenvalue weighted by atomic mass is 9.74. The molecule has 1 amide bonds. The van der Waals surface area contributed by atoms with Gasteiger partial charge in [-0.25, -0.2) is 9.97 Å². The zero-order valence-corrected chi connectivity index (χ0v) is 22.2. The molecule has 1 N–H and O–H groups in total. The van der Waals surface area contributed by atoms with Crippen molar-refractivity contribution >= 4 is 35.1 Å². The van der Waals surface area contributed by atoms with E-state index in [0.717, 1.165) is 62.4 Å². The van der Waals surface area contributed by atoms with E-state index >= 15 is 0 Å². The van der Waals surface area contributed by atoms with Gasteiger partial charge in [0.25, 0.3) is 5.91 Å². The van der Waals surface area contributed by atoms with Crippen LogP contribution in [0.15, 0.2) is 54.7 Å². The molecule has 2 fully saturated rings. The normalized spacial score (nSPS) is 19.3. The van der Waals surface area contributed by atoms with Gasteiger partial charge in [0.2, 0.25) is 5.95 Å². The molecule has 1 atom stereocenters. The molecule has 7 heteroatoms. The van der Waals surface area contributed by atoms with Gasteiger partial charge in [-0.15, -0.1) is 0 Å². The van der Waals surface area contributed by atoms with Crippen molar-refractivity contribution in [1.82, 2.24) is 15.3 Å². The average Bonchev–Trinajstić information content (AvgIpc) is 3.39. The highest BCUT2D eigenvalue weighted by atomic mass is 35.5. The predicted octanol–water partition coefficient (Wildman–Crippen LogP) is 6.81. The highest BCUT2D eigenvalue weighted by Crippen LogP contribution is 2.47. The minimum atomic E-state index is -0.301. The molecule has 1 saturated heterocycles. The summed E-state index contributed by atoms with van der Waals surface area (Å²) in [6, 6.07) is 15.8. The Balaban J connectivity index is 1.53. The summed E-state index contributed by atoms with van der Waals surface area (Å²) in [5, 5.41) is 4.16. The van der Waals surface area contributed by atoms with Gasteiger partial charge in [0.05, 0.1) is 11.3 Å². The number of nitrogens with one attached hydrogen (secondary N) is 1. The Morgan fingerprint density at radius 2 is 1.89 bits per heavy atom. The van der Waals surface area contributed by atoms with E-state index in [0.29, 0.717) is 28.1 Å². The number of amides is 1. The molecule has 0 spiro atoms. The smallest absolute Gasteiger partial charge is 0.255 e. The largest absolute Gasteiger partial charge is 0.348 e. The zero-order chi connectivity index (χ0) is 25.1. The highest BCUT2D eigenvalue weighted by molar-refractivity contribution is 6.35. The third kappa shape index (κ3) is 5.09. The first-order chi connectivity index (χ1) is 17.5. The van der Waals surface area contributed by atoms with E-state index in [1.165, 1.54) is 12.0 Å². The summed E-state index contributed by atoms with van der Waals surface area (Å²) in [7, 11) is 0. The zero-order valence-electron chi connectivity index (χ0n) is 20.6. The Labute approximate surface area is 223 Å². The van der Waals surface area contributed by atoms with Crippen molar-refractivity contribution in [2.45, 2.75) is 57.4 Å². The van der Waals surface area contributed by atoms with Crippen molar-refractivity contribution in [3.63, 3.8) is 0 Å². The van der Waals surface area contributed by atoms with Crippen LogP contribution in [0.1, 0.15) is 72.6 Å². The van der Waals surface area contributed by atoms with Crippen LogP contribution in [0.4, 0.5) is 5.95 Å². The summed E-state index contributed by atoms with van der Waals surface area (Å²) in [5.41, 5.74) is 3.11. The summed E-state index contributed by atoms with van der Waals surface area (Å²) in [6.45, 7) is 4.47. The summed E-state index contributed by atoms with van der Waals surface area (Å²) in [5.74, 6) is 1.15. The first-order valence-corrected chi connectivity index (χ1v) is 13.6. The Hall–Kier alpha value is -2.63. The third-order valence-corrected chi connectivity index (χ3v) is 8.24. The fraction of sp³-hybridized carbons (Fsp3) is 0.414. The molecule has 2 aromatic carbocycles. The second kappa shape index (κ2) is 10.8. The van der Waals surface area contributed by atoms with E-state index < -0.39 is 0 Å². The molecular weight excluding hydrogens is 491 g/mol. The Morgan fingerprint density at radius 3 is 2.61 bits per heavy atom. The van der Waals surface area contributed by atoms with Crippen LogP contribution in [-0.4, -0.2) is 29.0 Å². The van der Waals surface area contributed by atoms with Crippen molar-refractivity contribution in [3.05, 3.63) is 87.2 Å². The molecule has 0 bridgehead atoms. The summed E-state index contributed by atoms with van der Waals surface area (Å²) in [6.07, 6.45) is 8.24. The van der Waals surface area contributed by atoms with Crippen LogP contribution in [0.2, 0.25) is 10.0 Å². The second-order valence-electron chi connectivity index (χ2n) is 10.2. The number of hydrogen-bond donors (Lipinski definition) is 1. The van der Waals surface area contributed by atoms with E-state index in [1.54, 1.807) is 18.3 Å². The lowest BCUT2D eigenvalue weighted by Crippen LogP contribution is -2.37. The molecule has 188 valence electrons. The van der Waals surface area contributed by atoms with E-state index in [2.05, 4.69) is 41.4 Å². The quantitative estimate of drug-likeness (QED) is 0.386. The van der Waals surface area contributed by atoms with Gasteiger partial charge in [-0.3, -0.25) is 4.79 Å². The first-order valence-electron chi connectivity index (χ1n) is 12.9. The van der Waals surface area contributed by atoms with Gasteiger partial charge in [-0.2, -0.15) is 0 Å². The molecule has 2 heterocycles. The molecule has 0 radical (unpaired) electrons. The molecule has 1 aliphatic carbocycles. The second-order valence-corrected chi connectivity index (χ2v) is 11.0. The number of halogens is 2. The summed E-state index contributed by atoms with van der Waals surface area (Å²) >= 11 is 12.4. The molecule has 1 saturated carbocycles. The van der Waals surface area contributed by atoms with Gasteiger partial charge in [-0.1, -0.05) is 79.4 Å². The van der Waals surface area contributed by atoms with Crippen molar-refractivity contribution < 1.29 is 4.79 Å². The summed E-state index contributed by atoms with van der Waals surface area (Å²) in [4.78, 5) is 25.8. The van der Waals surface area contributed by atoms with Crippen molar-refractivity contribution in [2.24, 2.45) is 5.92 Å². The molecule has 1 aliphatic heterocycles. The molecule has 36 heavy (non-hydrogen) atoms. The van der Waals surface area contributed by atoms with Crippen LogP contribution in [0.5, 0.6) is 0 Å². The first kappa shape index (κ1) is 25.0. The molecule has 5 rings (SSSR count). The van der Waals surface area contributed by atoms with Crippen LogP contribution in [0.25, 0.3) is 0 Å². The van der Waals surface area contributed by atoms with E-state index in [1.807, 2.05) is 12.1 Å². The van der Waals surface area contributed by atoms with Gasteiger partial charge < -0.3 is 10.2 Å². The molecule has 1 aromatic heterocycles. The average molecular weight is 524 g/mol. The number of nitrogens with zero attached hydrogens (tertiary/aromatic N) is 3. The van der Waals surface area contributed by atoms with Crippen molar-refractivity contribution in [2.75, 3.05) is 18.0 Å². The summed E-state index contributed by atoms with van der Waals surface area (Å²) < 4.78 is 0. The van der Waals surface area contributed by atoms with E-state index in [4.69, 9.17) is 33.2 Å². The Kier molecular flexibility index (Phi) is 7.49. The number of hydrogen-bond acceptors (Lipinski definition) is 4. The fourth-order valence-corrected chi connectivity index (χ4v) is 6.24. The Morgan fingerprint density at radius 1 is 1.11 bits per heavy atom. The molecule has 5 nitrogen and oxygen atoms in total. The minimum absolute atomic E-state index is 0.184. The standard InChI is InChI=1S/C29H32Cl2N4O/c1-20-8-7-15-35(19-20)28-33-18-24(27(36)32-17-21-11-12-23(30)16-25(21)31)26(34-28)29(13-5-6-14-29)22-9-3-2-4-10-22/h2-4,9-12,16,18,20H,5-8,13-15,17,19H2,1H3,(H,32,36). The monoisotopic (exact) mass is 522 g/mol. The van der Waals surface area contributed by atoms with Crippen LogP contribution in [-0.2, 0) is 12.0 Å². The maximum Gasteiger partial charge on any atom is 0.255 e. The topological polar surface area (TPSA) is 58.1 Å². The number of benzene rings is 2. The number of carbonyl (C=O) groups is 1. The van der Waals surface area contributed by atoms with Crippen LogP contribution in [0.3, 0.4) is 0 Å². The predicted molar refractivity (Wildman–Crippen MR) is 146 cm³/mol. The molecule has 2 aliphatic rings. The number of rotatable bonds is 6. The molecular formula is C29H32Cl2N4O. The van der Waals surface area contributed by atoms with Crippen LogP contribution in [0, 0.1) is 5.92 Å². The van der Waals surface area contributed by atoms with Gasteiger partial charge >= 0.3 is 0 Å². The van der Waals surface area contributed by atoms with E-state index in [-0.39, 0.29) is 11.3 Å². The van der Waals surface area contributed by atoms with Crippen LogP contribution >= 0.6 is 23.2 Å². The van der Waals surface area contributed by atoms with Crippen LogP contribution < -0.4 is 10.2 Å². The maximum atomic E-state index is 13.6. The highest BCUT2D eigenvalue weighted by Gasteiger charge is 2.42. The minimum Gasteiger partial charge on any atom is -0.348 e. The van der Waals surface area contributed by atoms with Crippen molar-refractivity contribution in [3.8, 4) is 0 Å². The fourth-order valence-electron chi connectivity index (χ4n) is 5.76. The Bertz CT molecular complexity index is 1230. The molecule has 3 aromatic rings. The third-order valence-electron chi connectivity index (χ3n) is 7.65.